The Hall–Kier alpha value is -3.22. The van der Waals surface area contributed by atoms with E-state index in [0.29, 0.717) is 24.7 Å². The number of pyridine rings is 1. The average molecular weight is 392 g/mol. The van der Waals surface area contributed by atoms with E-state index in [-0.39, 0.29) is 17.9 Å². The van der Waals surface area contributed by atoms with Crippen LogP contribution in [0.5, 0.6) is 5.75 Å². The summed E-state index contributed by atoms with van der Waals surface area (Å²) in [7, 11) is 0. The lowest BCUT2D eigenvalue weighted by molar-refractivity contribution is -0.132. The molecule has 1 unspecified atom stereocenters. The number of carbonyl (C=O) groups is 1. The summed E-state index contributed by atoms with van der Waals surface area (Å²) < 4.78 is 11.1. The molecule has 150 valence electrons. The third-order valence-corrected chi connectivity index (χ3v) is 5.27. The van der Waals surface area contributed by atoms with Crippen LogP contribution in [0, 0.1) is 0 Å². The van der Waals surface area contributed by atoms with E-state index in [2.05, 4.69) is 22.0 Å². The maximum Gasteiger partial charge on any atom is 0.264 e. The summed E-state index contributed by atoms with van der Waals surface area (Å²) in [5.74, 6) is 1.93. The van der Waals surface area contributed by atoms with E-state index < -0.39 is 0 Å². The standard InChI is InChI=1S/C22H24N4O3/c1-22(21-24-19(29-25-21)15-28-18-6-3-2-4-7-18)10-5-13-26(16-22)20(27)14-17-8-11-23-12-9-17/h2-4,6-9,11-12H,5,10,13-16H2,1H3. The second kappa shape index (κ2) is 8.43. The predicted molar refractivity (Wildman–Crippen MR) is 106 cm³/mol. The molecule has 2 aromatic heterocycles. The van der Waals surface area contributed by atoms with Crippen LogP contribution in [-0.2, 0) is 23.2 Å². The number of amides is 1. The summed E-state index contributed by atoms with van der Waals surface area (Å²) in [5, 5.41) is 4.19. The summed E-state index contributed by atoms with van der Waals surface area (Å²) in [6.45, 7) is 3.64. The van der Waals surface area contributed by atoms with Gasteiger partial charge in [0.25, 0.3) is 5.89 Å². The van der Waals surface area contributed by atoms with Gasteiger partial charge in [-0.05, 0) is 42.7 Å². The quantitative estimate of drug-likeness (QED) is 0.641. The minimum absolute atomic E-state index is 0.109. The zero-order valence-corrected chi connectivity index (χ0v) is 16.5. The van der Waals surface area contributed by atoms with Gasteiger partial charge >= 0.3 is 0 Å². The predicted octanol–water partition coefficient (Wildman–Crippen LogP) is 3.17. The third-order valence-electron chi connectivity index (χ3n) is 5.27. The van der Waals surface area contributed by atoms with E-state index in [9.17, 15) is 4.79 Å². The molecule has 7 nitrogen and oxygen atoms in total. The molecule has 3 heterocycles. The van der Waals surface area contributed by atoms with Crippen molar-refractivity contribution in [1.82, 2.24) is 20.0 Å². The van der Waals surface area contributed by atoms with Crippen LogP contribution in [0.1, 0.15) is 37.0 Å². The average Bonchev–Trinajstić information content (AvgIpc) is 3.24. The summed E-state index contributed by atoms with van der Waals surface area (Å²) in [6.07, 6.45) is 5.61. The topological polar surface area (TPSA) is 81.4 Å². The lowest BCUT2D eigenvalue weighted by Crippen LogP contribution is -2.48. The number of nitrogens with zero attached hydrogens (tertiary/aromatic N) is 4. The fourth-order valence-electron chi connectivity index (χ4n) is 3.64. The number of benzene rings is 1. The number of ether oxygens (including phenoxy) is 1. The minimum atomic E-state index is -0.333. The number of hydrogen-bond acceptors (Lipinski definition) is 6. The monoisotopic (exact) mass is 392 g/mol. The van der Waals surface area contributed by atoms with Gasteiger partial charge in [-0.25, -0.2) is 0 Å². The number of hydrogen-bond donors (Lipinski definition) is 0. The number of rotatable bonds is 6. The molecule has 7 heteroatoms. The van der Waals surface area contributed by atoms with Gasteiger partial charge < -0.3 is 14.2 Å². The fraction of sp³-hybridized carbons (Fsp3) is 0.364. The highest BCUT2D eigenvalue weighted by atomic mass is 16.5. The molecule has 0 bridgehead atoms. The van der Waals surface area contributed by atoms with Crippen LogP contribution in [0.15, 0.2) is 59.4 Å². The number of aromatic nitrogens is 3. The fourth-order valence-corrected chi connectivity index (χ4v) is 3.64. The number of carbonyl (C=O) groups excluding carboxylic acids is 1. The highest BCUT2D eigenvalue weighted by Gasteiger charge is 2.38. The lowest BCUT2D eigenvalue weighted by Gasteiger charge is -2.38. The van der Waals surface area contributed by atoms with Crippen molar-refractivity contribution in [3.63, 3.8) is 0 Å². The van der Waals surface area contributed by atoms with Gasteiger partial charge in [-0.15, -0.1) is 0 Å². The van der Waals surface area contributed by atoms with E-state index in [1.807, 2.05) is 47.4 Å². The van der Waals surface area contributed by atoms with Gasteiger partial charge in [0.05, 0.1) is 6.42 Å². The Morgan fingerprint density at radius 1 is 1.21 bits per heavy atom. The molecule has 0 spiro atoms. The van der Waals surface area contributed by atoms with Crippen molar-refractivity contribution < 1.29 is 14.1 Å². The summed E-state index contributed by atoms with van der Waals surface area (Å²) >= 11 is 0. The number of likely N-dealkylation sites (tertiary alicyclic amines) is 1. The minimum Gasteiger partial charge on any atom is -0.484 e. The Labute approximate surface area is 169 Å². The van der Waals surface area contributed by atoms with Gasteiger partial charge in [-0.3, -0.25) is 9.78 Å². The van der Waals surface area contributed by atoms with Crippen molar-refractivity contribution in [3.8, 4) is 5.75 Å². The number of para-hydroxylation sites is 1. The summed E-state index contributed by atoms with van der Waals surface area (Å²) in [5.41, 5.74) is 0.637. The molecule has 1 aliphatic heterocycles. The molecule has 1 saturated heterocycles. The molecule has 1 fully saturated rings. The number of piperidine rings is 1. The van der Waals surface area contributed by atoms with Crippen molar-refractivity contribution in [2.24, 2.45) is 0 Å². The molecular formula is C22H24N4O3. The van der Waals surface area contributed by atoms with Crippen LogP contribution in [0.3, 0.4) is 0 Å². The SMILES string of the molecule is CC1(c2noc(COc3ccccc3)n2)CCCN(C(=O)Cc2ccncc2)C1. The maximum absolute atomic E-state index is 12.8. The van der Waals surface area contributed by atoms with E-state index in [1.54, 1.807) is 12.4 Å². The van der Waals surface area contributed by atoms with Crippen molar-refractivity contribution in [2.45, 2.75) is 38.2 Å². The second-order valence-corrected chi connectivity index (χ2v) is 7.63. The van der Waals surface area contributed by atoms with Crippen molar-refractivity contribution in [3.05, 3.63) is 72.1 Å². The Morgan fingerprint density at radius 3 is 2.79 bits per heavy atom. The first kappa shape index (κ1) is 19.1. The molecule has 0 aliphatic carbocycles. The second-order valence-electron chi connectivity index (χ2n) is 7.63. The normalized spacial score (nSPS) is 19.1. The Balaban J connectivity index is 1.40. The van der Waals surface area contributed by atoms with Gasteiger partial charge in [-0.1, -0.05) is 30.3 Å². The molecule has 0 N–H and O–H groups in total. The van der Waals surface area contributed by atoms with E-state index in [0.717, 1.165) is 30.7 Å². The molecule has 1 amide bonds. The third kappa shape index (κ3) is 4.62. The molecule has 3 aromatic rings. The molecule has 4 rings (SSSR count). The Morgan fingerprint density at radius 2 is 2.00 bits per heavy atom. The van der Waals surface area contributed by atoms with Crippen molar-refractivity contribution >= 4 is 5.91 Å². The van der Waals surface area contributed by atoms with Crippen molar-refractivity contribution in [1.29, 1.82) is 0 Å². The molecule has 1 aromatic carbocycles. The zero-order valence-electron chi connectivity index (χ0n) is 16.5. The zero-order chi connectivity index (χ0) is 20.1. The van der Waals surface area contributed by atoms with E-state index in [4.69, 9.17) is 9.26 Å². The van der Waals surface area contributed by atoms with Gasteiger partial charge in [0, 0.05) is 30.9 Å². The smallest absolute Gasteiger partial charge is 0.264 e. The van der Waals surface area contributed by atoms with Gasteiger partial charge in [-0.2, -0.15) is 4.98 Å². The molecule has 0 radical (unpaired) electrons. The molecule has 1 atom stereocenters. The maximum atomic E-state index is 12.8. The molecule has 0 saturated carbocycles. The van der Waals surface area contributed by atoms with Crippen LogP contribution < -0.4 is 4.74 Å². The lowest BCUT2D eigenvalue weighted by atomic mass is 9.81. The Bertz CT molecular complexity index is 945. The van der Waals surface area contributed by atoms with Crippen molar-refractivity contribution in [2.75, 3.05) is 13.1 Å². The van der Waals surface area contributed by atoms with Gasteiger partial charge in [0.1, 0.15) is 5.75 Å². The summed E-state index contributed by atoms with van der Waals surface area (Å²) in [4.78, 5) is 23.2. The molecule has 29 heavy (non-hydrogen) atoms. The first-order valence-corrected chi connectivity index (χ1v) is 9.80. The Kier molecular flexibility index (Phi) is 5.55. The van der Waals surface area contributed by atoms with Crippen LogP contribution in [0.4, 0.5) is 0 Å². The largest absolute Gasteiger partial charge is 0.484 e. The summed E-state index contributed by atoms with van der Waals surface area (Å²) in [6, 6.07) is 13.3. The van der Waals surface area contributed by atoms with Gasteiger partial charge in [0.15, 0.2) is 12.4 Å². The van der Waals surface area contributed by atoms with Crippen LogP contribution in [-0.4, -0.2) is 39.0 Å². The van der Waals surface area contributed by atoms with Crippen LogP contribution >= 0.6 is 0 Å². The highest BCUT2D eigenvalue weighted by Crippen LogP contribution is 2.32. The van der Waals surface area contributed by atoms with Crippen LogP contribution in [0.25, 0.3) is 0 Å². The molecule has 1 aliphatic rings. The van der Waals surface area contributed by atoms with Gasteiger partial charge in [0.2, 0.25) is 5.91 Å². The molecular weight excluding hydrogens is 368 g/mol. The van der Waals surface area contributed by atoms with Crippen LogP contribution in [0.2, 0.25) is 0 Å². The van der Waals surface area contributed by atoms with E-state index >= 15 is 0 Å². The highest BCUT2D eigenvalue weighted by molar-refractivity contribution is 5.79. The first-order valence-electron chi connectivity index (χ1n) is 9.80. The van der Waals surface area contributed by atoms with E-state index in [1.165, 1.54) is 0 Å². The first-order chi connectivity index (χ1) is 14.1.